The van der Waals surface area contributed by atoms with Crippen molar-refractivity contribution in [3.05, 3.63) is 64.7 Å². The van der Waals surface area contributed by atoms with E-state index in [9.17, 15) is 9.59 Å². The standard InChI is InChI=1S/C21H24ClN3O2/c1-16-4-2-5-17(12-16)13-20(26)23-15-21(27)25-10-8-24(9-11-25)19-7-3-6-18(22)14-19/h2-7,12,14H,8-11,13,15H2,1H3,(H,23,26). The Balaban J connectivity index is 1.43. The van der Waals surface area contributed by atoms with Gasteiger partial charge in [0.25, 0.3) is 0 Å². The van der Waals surface area contributed by atoms with E-state index in [0.717, 1.165) is 29.9 Å². The van der Waals surface area contributed by atoms with E-state index in [1.54, 1.807) is 4.90 Å². The van der Waals surface area contributed by atoms with E-state index in [1.165, 1.54) is 0 Å². The van der Waals surface area contributed by atoms with Crippen LogP contribution < -0.4 is 10.2 Å². The second-order valence-electron chi connectivity index (χ2n) is 6.79. The molecule has 1 heterocycles. The number of aryl methyl sites for hydroxylation is 1. The van der Waals surface area contributed by atoms with E-state index in [-0.39, 0.29) is 24.8 Å². The van der Waals surface area contributed by atoms with Crippen molar-refractivity contribution in [3.63, 3.8) is 0 Å². The first-order chi connectivity index (χ1) is 13.0. The molecule has 1 aliphatic heterocycles. The molecule has 1 N–H and O–H groups in total. The van der Waals surface area contributed by atoms with E-state index < -0.39 is 0 Å². The van der Waals surface area contributed by atoms with Crippen LogP contribution in [0.5, 0.6) is 0 Å². The molecule has 5 nitrogen and oxygen atoms in total. The first-order valence-electron chi connectivity index (χ1n) is 9.12. The molecule has 0 bridgehead atoms. The molecule has 0 aliphatic carbocycles. The average Bonchev–Trinajstić information content (AvgIpc) is 2.66. The third-order valence-electron chi connectivity index (χ3n) is 4.69. The maximum atomic E-state index is 12.4. The summed E-state index contributed by atoms with van der Waals surface area (Å²) in [6, 6.07) is 15.6. The molecule has 0 atom stereocenters. The summed E-state index contributed by atoms with van der Waals surface area (Å²) in [5.74, 6) is -0.176. The van der Waals surface area contributed by atoms with Crippen LogP contribution in [0.4, 0.5) is 5.69 Å². The molecule has 2 aromatic carbocycles. The van der Waals surface area contributed by atoms with Crippen molar-refractivity contribution in [1.82, 2.24) is 10.2 Å². The quantitative estimate of drug-likeness (QED) is 0.860. The molecule has 142 valence electrons. The summed E-state index contributed by atoms with van der Waals surface area (Å²) in [6.07, 6.45) is 0.289. The lowest BCUT2D eigenvalue weighted by atomic mass is 10.1. The number of hydrogen-bond donors (Lipinski definition) is 1. The van der Waals surface area contributed by atoms with Crippen LogP contribution >= 0.6 is 11.6 Å². The van der Waals surface area contributed by atoms with Crippen molar-refractivity contribution in [1.29, 1.82) is 0 Å². The van der Waals surface area contributed by atoms with Crippen molar-refractivity contribution >= 4 is 29.1 Å². The first-order valence-corrected chi connectivity index (χ1v) is 9.49. The predicted octanol–water partition coefficient (Wildman–Crippen LogP) is 2.66. The van der Waals surface area contributed by atoms with E-state index in [2.05, 4.69) is 10.2 Å². The molecule has 1 fully saturated rings. The van der Waals surface area contributed by atoms with Crippen LogP contribution in [0, 0.1) is 6.92 Å². The molecule has 1 aliphatic rings. The minimum absolute atomic E-state index is 0.0432. The molecular weight excluding hydrogens is 362 g/mol. The van der Waals surface area contributed by atoms with Crippen LogP contribution in [0.15, 0.2) is 48.5 Å². The van der Waals surface area contributed by atoms with Gasteiger partial charge < -0.3 is 15.1 Å². The number of benzene rings is 2. The summed E-state index contributed by atoms with van der Waals surface area (Å²) in [5.41, 5.74) is 3.14. The van der Waals surface area contributed by atoms with Gasteiger partial charge in [0.05, 0.1) is 13.0 Å². The van der Waals surface area contributed by atoms with Crippen LogP contribution in [0.25, 0.3) is 0 Å². The van der Waals surface area contributed by atoms with Gasteiger partial charge >= 0.3 is 0 Å². The van der Waals surface area contributed by atoms with Crippen LogP contribution in [0.1, 0.15) is 11.1 Å². The summed E-state index contributed by atoms with van der Waals surface area (Å²) in [6.45, 7) is 4.82. The van der Waals surface area contributed by atoms with Gasteiger partial charge in [0.1, 0.15) is 0 Å². The maximum absolute atomic E-state index is 12.4. The summed E-state index contributed by atoms with van der Waals surface area (Å²) >= 11 is 6.05. The van der Waals surface area contributed by atoms with Crippen LogP contribution in [-0.4, -0.2) is 49.4 Å². The lowest BCUT2D eigenvalue weighted by Crippen LogP contribution is -2.51. The second kappa shape index (κ2) is 8.91. The van der Waals surface area contributed by atoms with Crippen molar-refractivity contribution in [2.75, 3.05) is 37.6 Å². The summed E-state index contributed by atoms with van der Waals surface area (Å²) in [4.78, 5) is 28.5. The fraction of sp³-hybridized carbons (Fsp3) is 0.333. The highest BCUT2D eigenvalue weighted by Crippen LogP contribution is 2.20. The van der Waals surface area contributed by atoms with E-state index in [4.69, 9.17) is 11.6 Å². The predicted molar refractivity (Wildman–Crippen MR) is 108 cm³/mol. The number of halogens is 1. The van der Waals surface area contributed by atoms with Gasteiger partial charge in [0, 0.05) is 36.9 Å². The lowest BCUT2D eigenvalue weighted by Gasteiger charge is -2.36. The highest BCUT2D eigenvalue weighted by atomic mass is 35.5. The highest BCUT2D eigenvalue weighted by molar-refractivity contribution is 6.30. The lowest BCUT2D eigenvalue weighted by molar-refractivity contribution is -0.133. The summed E-state index contributed by atoms with van der Waals surface area (Å²) in [7, 11) is 0. The highest BCUT2D eigenvalue weighted by Gasteiger charge is 2.21. The smallest absolute Gasteiger partial charge is 0.242 e. The monoisotopic (exact) mass is 385 g/mol. The molecule has 2 amide bonds. The van der Waals surface area contributed by atoms with Crippen LogP contribution in [0.2, 0.25) is 5.02 Å². The van der Waals surface area contributed by atoms with Gasteiger partial charge in [0.2, 0.25) is 11.8 Å². The Morgan fingerprint density at radius 3 is 2.48 bits per heavy atom. The Bertz CT molecular complexity index is 817. The fourth-order valence-electron chi connectivity index (χ4n) is 3.24. The molecule has 1 saturated heterocycles. The molecule has 0 radical (unpaired) electrons. The van der Waals surface area contributed by atoms with E-state index >= 15 is 0 Å². The van der Waals surface area contributed by atoms with E-state index in [1.807, 2.05) is 55.5 Å². The van der Waals surface area contributed by atoms with Crippen molar-refractivity contribution < 1.29 is 9.59 Å². The zero-order valence-corrected chi connectivity index (χ0v) is 16.2. The Hall–Kier alpha value is -2.53. The van der Waals surface area contributed by atoms with Gasteiger partial charge in [-0.3, -0.25) is 9.59 Å². The van der Waals surface area contributed by atoms with Crippen LogP contribution in [0.3, 0.4) is 0 Å². The number of anilines is 1. The minimum Gasteiger partial charge on any atom is -0.368 e. The van der Waals surface area contributed by atoms with Gasteiger partial charge in [-0.05, 0) is 30.7 Å². The molecular formula is C21H24ClN3O2. The number of rotatable bonds is 5. The summed E-state index contributed by atoms with van der Waals surface area (Å²) < 4.78 is 0. The molecule has 2 aromatic rings. The maximum Gasteiger partial charge on any atom is 0.242 e. The van der Waals surface area contributed by atoms with Gasteiger partial charge in [-0.2, -0.15) is 0 Å². The third kappa shape index (κ3) is 5.47. The minimum atomic E-state index is -0.133. The topological polar surface area (TPSA) is 52.7 Å². The van der Waals surface area contributed by atoms with E-state index in [0.29, 0.717) is 18.1 Å². The molecule has 6 heteroatoms. The zero-order chi connectivity index (χ0) is 19.2. The largest absolute Gasteiger partial charge is 0.368 e. The average molecular weight is 386 g/mol. The zero-order valence-electron chi connectivity index (χ0n) is 15.5. The Morgan fingerprint density at radius 2 is 1.78 bits per heavy atom. The third-order valence-corrected chi connectivity index (χ3v) is 4.92. The number of nitrogens with zero attached hydrogens (tertiary/aromatic N) is 2. The van der Waals surface area contributed by atoms with Crippen molar-refractivity contribution in [2.45, 2.75) is 13.3 Å². The normalized spacial score (nSPS) is 14.1. The fourth-order valence-corrected chi connectivity index (χ4v) is 3.43. The number of piperazine rings is 1. The molecule has 0 saturated carbocycles. The van der Waals surface area contributed by atoms with Crippen LogP contribution in [-0.2, 0) is 16.0 Å². The van der Waals surface area contributed by atoms with Gasteiger partial charge in [-0.15, -0.1) is 0 Å². The number of amides is 2. The molecule has 0 aromatic heterocycles. The van der Waals surface area contributed by atoms with Gasteiger partial charge in [-0.1, -0.05) is 47.5 Å². The number of nitrogens with one attached hydrogen (secondary N) is 1. The number of hydrogen-bond acceptors (Lipinski definition) is 3. The number of carbonyl (C=O) groups is 2. The van der Waals surface area contributed by atoms with Crippen molar-refractivity contribution in [2.24, 2.45) is 0 Å². The summed E-state index contributed by atoms with van der Waals surface area (Å²) in [5, 5.41) is 3.45. The Kier molecular flexibility index (Phi) is 6.35. The van der Waals surface area contributed by atoms with Gasteiger partial charge in [-0.25, -0.2) is 0 Å². The Morgan fingerprint density at radius 1 is 1.04 bits per heavy atom. The molecule has 0 spiro atoms. The van der Waals surface area contributed by atoms with Crippen molar-refractivity contribution in [3.8, 4) is 0 Å². The number of carbonyl (C=O) groups excluding carboxylic acids is 2. The Labute approximate surface area is 164 Å². The molecule has 0 unspecified atom stereocenters. The molecule has 27 heavy (non-hydrogen) atoms. The first kappa shape index (κ1) is 19.2. The van der Waals surface area contributed by atoms with Gasteiger partial charge in [0.15, 0.2) is 0 Å². The SMILES string of the molecule is Cc1cccc(CC(=O)NCC(=O)N2CCN(c3cccc(Cl)c3)CC2)c1. The second-order valence-corrected chi connectivity index (χ2v) is 7.23. The molecule has 3 rings (SSSR count).